The molecule has 0 unspecified atom stereocenters. The zero-order chi connectivity index (χ0) is 32.7. The molecule has 4 aliphatic rings. The summed E-state index contributed by atoms with van der Waals surface area (Å²) in [6.07, 6.45) is 2.45. The van der Waals surface area contributed by atoms with Crippen molar-refractivity contribution in [2.24, 2.45) is 28.6 Å². The molecule has 0 saturated heterocycles. The van der Waals surface area contributed by atoms with Crippen LogP contribution < -0.4 is 5.32 Å². The molecule has 0 radical (unpaired) electrons. The fraction of sp³-hybridized carbons (Fsp3) is 0.588. The molecule has 0 spiro atoms. The second-order valence-electron chi connectivity index (χ2n) is 13.6. The quantitative estimate of drug-likeness (QED) is 0.283. The smallest absolute Gasteiger partial charge is 0.329 e. The number of aliphatic hydroxyl groups excluding tert-OH is 1. The molecule has 4 N–H and O–H groups in total. The number of benzene rings is 1. The number of ether oxygens (including phenoxy) is 1. The first-order chi connectivity index (χ1) is 21.2. The minimum absolute atomic E-state index is 0.00520. The Hall–Kier alpha value is -3.70. The third-order valence-electron chi connectivity index (χ3n) is 11.2. The van der Waals surface area contributed by atoms with E-state index in [-0.39, 0.29) is 42.2 Å². The van der Waals surface area contributed by atoms with E-state index in [2.05, 4.69) is 12.2 Å². The van der Waals surface area contributed by atoms with E-state index < -0.39 is 71.7 Å². The lowest BCUT2D eigenvalue weighted by Crippen LogP contribution is -2.61. The molecule has 5 rings (SSSR count). The standard InChI is InChI=1S/C34H41NO10/c1-32-14-12-21(36)16-20(32)8-9-22-23-13-15-34(44,33(23,2)17-24(37)28(22)32)25(38)18-45-27(40)11-10-26(39)35-29(31(42)43)30(41)19-6-4-3-5-7-19/h3-7,16,22-23,28-30,41,44H,8-15,17-18H2,1-2H3,(H,35,39)(H,42,43)/t22-,23+,28+,29+,30+,32+,33+,34+/m1/s1. The van der Waals surface area contributed by atoms with Gasteiger partial charge in [-0.15, -0.1) is 0 Å². The van der Waals surface area contributed by atoms with Gasteiger partial charge >= 0.3 is 11.9 Å². The van der Waals surface area contributed by atoms with Gasteiger partial charge in [0.2, 0.25) is 11.7 Å². The number of amides is 1. The van der Waals surface area contributed by atoms with E-state index in [1.165, 1.54) is 12.1 Å². The average molecular weight is 624 g/mol. The van der Waals surface area contributed by atoms with E-state index >= 15 is 0 Å². The van der Waals surface area contributed by atoms with Crippen LogP contribution in [0.25, 0.3) is 0 Å². The third kappa shape index (κ3) is 5.76. The second kappa shape index (κ2) is 12.2. The van der Waals surface area contributed by atoms with Crippen LogP contribution in [0.15, 0.2) is 42.0 Å². The number of aliphatic hydroxyl groups is 2. The number of Topliss-reactive ketones (excluding diaryl/α,β-unsaturated/α-hetero) is 2. The highest BCUT2D eigenvalue weighted by Gasteiger charge is 2.68. The number of carbonyl (C=O) groups excluding carboxylic acids is 5. The predicted molar refractivity (Wildman–Crippen MR) is 158 cm³/mol. The SMILES string of the molecule is C[C@]12CCC(=O)C=C1CC[C@H]1[C@H]2C(=O)C[C@@]2(C)[C@H]1CC[C@]2(O)C(=O)COC(=O)CCC(=O)N[C@H](C(=O)O)[C@@H](O)c1ccccc1. The van der Waals surface area contributed by atoms with E-state index in [0.29, 0.717) is 37.7 Å². The van der Waals surface area contributed by atoms with Gasteiger partial charge in [0.15, 0.2) is 18.4 Å². The van der Waals surface area contributed by atoms with E-state index in [4.69, 9.17) is 4.74 Å². The summed E-state index contributed by atoms with van der Waals surface area (Å²) in [5, 5.41) is 33.9. The van der Waals surface area contributed by atoms with Crippen molar-refractivity contribution in [1.82, 2.24) is 5.32 Å². The van der Waals surface area contributed by atoms with Crippen molar-refractivity contribution in [3.8, 4) is 0 Å². The molecule has 8 atom stereocenters. The van der Waals surface area contributed by atoms with E-state index in [1.54, 1.807) is 31.2 Å². The van der Waals surface area contributed by atoms with Crippen molar-refractivity contribution in [1.29, 1.82) is 0 Å². The van der Waals surface area contributed by atoms with Crippen LogP contribution in [0.5, 0.6) is 0 Å². The van der Waals surface area contributed by atoms with E-state index in [0.717, 1.165) is 5.57 Å². The van der Waals surface area contributed by atoms with Crippen LogP contribution in [0.1, 0.15) is 83.3 Å². The zero-order valence-corrected chi connectivity index (χ0v) is 25.6. The van der Waals surface area contributed by atoms with Gasteiger partial charge in [0.25, 0.3) is 0 Å². The Bertz CT molecular complexity index is 1440. The maximum absolute atomic E-state index is 13.8. The summed E-state index contributed by atoms with van der Waals surface area (Å²) in [5.41, 5.74) is -1.96. The van der Waals surface area contributed by atoms with Gasteiger partial charge in [-0.25, -0.2) is 4.79 Å². The van der Waals surface area contributed by atoms with E-state index in [9.17, 15) is 44.1 Å². The molecule has 1 amide bonds. The van der Waals surface area contributed by atoms with Crippen molar-refractivity contribution in [2.45, 2.75) is 89.4 Å². The largest absolute Gasteiger partial charge is 0.480 e. The number of nitrogens with one attached hydrogen (secondary N) is 1. The van der Waals surface area contributed by atoms with Gasteiger partial charge in [-0.3, -0.25) is 24.0 Å². The first-order valence-corrected chi connectivity index (χ1v) is 15.6. The van der Waals surface area contributed by atoms with E-state index in [1.807, 2.05) is 0 Å². The zero-order valence-electron chi connectivity index (χ0n) is 25.6. The molecule has 0 aromatic heterocycles. The van der Waals surface area contributed by atoms with Crippen LogP contribution in [0.3, 0.4) is 0 Å². The highest BCUT2D eigenvalue weighted by atomic mass is 16.5. The Morgan fingerprint density at radius 3 is 2.42 bits per heavy atom. The first-order valence-electron chi connectivity index (χ1n) is 15.6. The summed E-state index contributed by atoms with van der Waals surface area (Å²) in [6.45, 7) is 3.13. The average Bonchev–Trinajstić information content (AvgIpc) is 3.28. The molecule has 11 heteroatoms. The Balaban J connectivity index is 1.17. The lowest BCUT2D eigenvalue weighted by molar-refractivity contribution is -0.173. The fourth-order valence-electron chi connectivity index (χ4n) is 8.76. The van der Waals surface area contributed by atoms with Crippen LogP contribution >= 0.6 is 0 Å². The molecular weight excluding hydrogens is 582 g/mol. The number of esters is 1. The molecule has 4 aliphatic carbocycles. The number of rotatable bonds is 10. The van der Waals surface area contributed by atoms with Gasteiger partial charge in [0.05, 0.1) is 6.42 Å². The molecule has 1 aromatic rings. The maximum atomic E-state index is 13.8. The third-order valence-corrected chi connectivity index (χ3v) is 11.2. The number of fused-ring (bicyclic) bond motifs is 5. The van der Waals surface area contributed by atoms with Crippen molar-refractivity contribution in [3.05, 3.63) is 47.5 Å². The van der Waals surface area contributed by atoms with Crippen LogP contribution in [-0.2, 0) is 33.5 Å². The summed E-state index contributed by atoms with van der Waals surface area (Å²) in [4.78, 5) is 75.9. The molecule has 11 nitrogen and oxygen atoms in total. The van der Waals surface area contributed by atoms with Gasteiger partial charge in [0.1, 0.15) is 17.5 Å². The van der Waals surface area contributed by atoms with Crippen LogP contribution in [0.2, 0.25) is 0 Å². The minimum Gasteiger partial charge on any atom is -0.480 e. The number of carbonyl (C=O) groups is 6. The fourth-order valence-corrected chi connectivity index (χ4v) is 8.76. The Labute approximate surface area is 261 Å². The molecule has 45 heavy (non-hydrogen) atoms. The van der Waals surface area contributed by atoms with Crippen LogP contribution in [0.4, 0.5) is 0 Å². The molecule has 0 aliphatic heterocycles. The van der Waals surface area contributed by atoms with Gasteiger partial charge in [-0.1, -0.05) is 49.8 Å². The van der Waals surface area contributed by atoms with Crippen LogP contribution in [0, 0.1) is 28.6 Å². The lowest BCUT2D eigenvalue weighted by atomic mass is 9.46. The van der Waals surface area contributed by atoms with Gasteiger partial charge in [-0.05, 0) is 61.0 Å². The summed E-state index contributed by atoms with van der Waals surface area (Å²) >= 11 is 0. The number of ketones is 3. The van der Waals surface area contributed by atoms with Gasteiger partial charge in [0, 0.05) is 30.6 Å². The van der Waals surface area contributed by atoms with Gasteiger partial charge in [-0.2, -0.15) is 0 Å². The monoisotopic (exact) mass is 623 g/mol. The second-order valence-corrected chi connectivity index (χ2v) is 13.6. The number of aliphatic carboxylic acids is 1. The van der Waals surface area contributed by atoms with Crippen molar-refractivity contribution in [3.63, 3.8) is 0 Å². The summed E-state index contributed by atoms with van der Waals surface area (Å²) in [6, 6.07) is 6.33. The first kappa shape index (κ1) is 32.7. The molecule has 242 valence electrons. The minimum atomic E-state index is -1.86. The molecule has 3 fully saturated rings. The number of hydrogen-bond donors (Lipinski definition) is 4. The van der Waals surface area contributed by atoms with Gasteiger partial charge < -0.3 is 25.4 Å². The van der Waals surface area contributed by atoms with Crippen molar-refractivity contribution >= 4 is 35.2 Å². The highest BCUT2D eigenvalue weighted by molar-refractivity contribution is 5.95. The van der Waals surface area contributed by atoms with Crippen molar-refractivity contribution in [2.75, 3.05) is 6.61 Å². The molecular formula is C34H41NO10. The molecule has 0 heterocycles. The Morgan fingerprint density at radius 2 is 1.73 bits per heavy atom. The molecule has 0 bridgehead atoms. The highest BCUT2D eigenvalue weighted by Crippen LogP contribution is 2.66. The number of allylic oxidation sites excluding steroid dienone is 1. The Kier molecular flexibility index (Phi) is 8.89. The van der Waals surface area contributed by atoms with Crippen LogP contribution in [-0.4, -0.2) is 68.8 Å². The molecule has 3 saturated carbocycles. The predicted octanol–water partition coefficient (Wildman–Crippen LogP) is 2.62. The summed E-state index contributed by atoms with van der Waals surface area (Å²) < 4.78 is 5.14. The van der Waals surface area contributed by atoms with Crippen molar-refractivity contribution < 1.29 is 48.8 Å². The lowest BCUT2D eigenvalue weighted by Gasteiger charge is -2.57. The normalized spacial score (nSPS) is 33.5. The summed E-state index contributed by atoms with van der Waals surface area (Å²) in [5.74, 6) is -4.12. The molecule has 1 aromatic carbocycles. The summed E-state index contributed by atoms with van der Waals surface area (Å²) in [7, 11) is 0. The number of carboxylic acids is 1. The Morgan fingerprint density at radius 1 is 1.02 bits per heavy atom. The topological polar surface area (TPSA) is 184 Å². The number of hydrogen-bond acceptors (Lipinski definition) is 9. The number of carboxylic acid groups (broad SMARTS) is 1. The maximum Gasteiger partial charge on any atom is 0.329 e.